The second-order valence-corrected chi connectivity index (χ2v) is 5.19. The van der Waals surface area contributed by atoms with Crippen LogP contribution in [0.15, 0.2) is 48.5 Å². The predicted molar refractivity (Wildman–Crippen MR) is 83.7 cm³/mol. The average molecular weight is 267 g/mol. The summed E-state index contributed by atoms with van der Waals surface area (Å²) in [5.74, 6) is 0.0453. The zero-order valence-corrected chi connectivity index (χ0v) is 12.1. The minimum atomic E-state index is -0.366. The first-order chi connectivity index (χ1) is 9.65. The van der Waals surface area contributed by atoms with Gasteiger partial charge >= 0.3 is 0 Å². The number of primary amides is 1. The molecule has 0 heterocycles. The molecule has 1 amide bonds. The fourth-order valence-electron chi connectivity index (χ4n) is 2.70. The quantitative estimate of drug-likeness (QED) is 0.859. The lowest BCUT2D eigenvalue weighted by molar-refractivity contribution is 0.100. The molecule has 2 aromatic rings. The van der Waals surface area contributed by atoms with Gasteiger partial charge < -0.3 is 5.73 Å². The Kier molecular flexibility index (Phi) is 4.57. The maximum Gasteiger partial charge on any atom is 0.249 e. The van der Waals surface area contributed by atoms with E-state index >= 15 is 0 Å². The molecule has 0 spiro atoms. The molecule has 1 unspecified atom stereocenters. The topological polar surface area (TPSA) is 43.1 Å². The first-order valence-electron chi connectivity index (χ1n) is 7.13. The maximum atomic E-state index is 11.7. The van der Waals surface area contributed by atoms with Crippen LogP contribution in [0.2, 0.25) is 0 Å². The standard InChI is InChI=1S/C18H21NO/c1-3-8-13(2)15-11-7-12-16(18(19)20)17(15)14-9-5-4-6-10-14/h4-7,9-13H,3,8H2,1-2H3,(H2,19,20). The van der Waals surface area contributed by atoms with E-state index in [1.807, 2.05) is 42.5 Å². The minimum absolute atomic E-state index is 0.366. The van der Waals surface area contributed by atoms with Crippen molar-refractivity contribution in [1.29, 1.82) is 0 Å². The van der Waals surface area contributed by atoms with E-state index in [9.17, 15) is 4.79 Å². The smallest absolute Gasteiger partial charge is 0.249 e. The lowest BCUT2D eigenvalue weighted by Gasteiger charge is -2.18. The molecule has 2 aromatic carbocycles. The molecule has 0 aromatic heterocycles. The fourth-order valence-corrected chi connectivity index (χ4v) is 2.70. The molecular weight excluding hydrogens is 246 g/mol. The molecule has 2 nitrogen and oxygen atoms in total. The second-order valence-electron chi connectivity index (χ2n) is 5.19. The number of amides is 1. The van der Waals surface area contributed by atoms with Gasteiger partial charge in [-0.3, -0.25) is 4.79 Å². The van der Waals surface area contributed by atoms with E-state index < -0.39 is 0 Å². The van der Waals surface area contributed by atoms with E-state index in [0.29, 0.717) is 11.5 Å². The van der Waals surface area contributed by atoms with Gasteiger partial charge in [-0.1, -0.05) is 62.7 Å². The summed E-state index contributed by atoms with van der Waals surface area (Å²) in [6.07, 6.45) is 2.22. The van der Waals surface area contributed by atoms with Gasteiger partial charge in [0.15, 0.2) is 0 Å². The normalized spacial score (nSPS) is 12.1. The third kappa shape index (κ3) is 2.90. The summed E-state index contributed by atoms with van der Waals surface area (Å²) < 4.78 is 0. The van der Waals surface area contributed by atoms with Gasteiger partial charge in [0.25, 0.3) is 0 Å². The van der Waals surface area contributed by atoms with E-state index in [-0.39, 0.29) is 5.91 Å². The Bertz CT molecular complexity index is 590. The van der Waals surface area contributed by atoms with Gasteiger partial charge in [0.1, 0.15) is 0 Å². The number of hydrogen-bond donors (Lipinski definition) is 1. The number of hydrogen-bond acceptors (Lipinski definition) is 1. The first-order valence-corrected chi connectivity index (χ1v) is 7.13. The molecule has 1 atom stereocenters. The Balaban J connectivity index is 2.63. The second kappa shape index (κ2) is 6.38. The molecule has 0 bridgehead atoms. The molecular formula is C18H21NO. The molecule has 20 heavy (non-hydrogen) atoms. The highest BCUT2D eigenvalue weighted by Gasteiger charge is 2.17. The van der Waals surface area contributed by atoms with E-state index in [4.69, 9.17) is 5.73 Å². The van der Waals surface area contributed by atoms with Crippen LogP contribution in [-0.4, -0.2) is 5.91 Å². The Morgan fingerprint density at radius 3 is 2.40 bits per heavy atom. The van der Waals surface area contributed by atoms with E-state index in [0.717, 1.165) is 24.0 Å². The molecule has 0 aliphatic heterocycles. The summed E-state index contributed by atoms with van der Waals surface area (Å²) in [4.78, 5) is 11.7. The first kappa shape index (κ1) is 14.3. The van der Waals surface area contributed by atoms with Crippen molar-refractivity contribution in [2.24, 2.45) is 5.73 Å². The molecule has 2 rings (SSSR count). The SMILES string of the molecule is CCCC(C)c1cccc(C(N)=O)c1-c1ccccc1. The Morgan fingerprint density at radius 2 is 1.80 bits per heavy atom. The zero-order valence-electron chi connectivity index (χ0n) is 12.1. The third-order valence-electron chi connectivity index (χ3n) is 3.68. The van der Waals surface area contributed by atoms with E-state index in [2.05, 4.69) is 19.9 Å². The molecule has 0 radical (unpaired) electrons. The molecule has 0 saturated heterocycles. The zero-order chi connectivity index (χ0) is 14.5. The number of benzene rings is 2. The van der Waals surface area contributed by atoms with Crippen LogP contribution in [0.25, 0.3) is 11.1 Å². The predicted octanol–water partition coefficient (Wildman–Crippen LogP) is 4.36. The van der Waals surface area contributed by atoms with E-state index in [1.165, 1.54) is 5.56 Å². The van der Waals surface area contributed by atoms with Crippen molar-refractivity contribution in [2.75, 3.05) is 0 Å². The monoisotopic (exact) mass is 267 g/mol. The lowest BCUT2D eigenvalue weighted by Crippen LogP contribution is -2.14. The molecule has 0 fully saturated rings. The number of carbonyl (C=O) groups is 1. The van der Waals surface area contributed by atoms with Crippen molar-refractivity contribution in [3.8, 4) is 11.1 Å². The highest BCUT2D eigenvalue weighted by Crippen LogP contribution is 2.34. The van der Waals surface area contributed by atoms with Crippen LogP contribution in [0.3, 0.4) is 0 Å². The Hall–Kier alpha value is -2.09. The molecule has 0 aliphatic carbocycles. The van der Waals surface area contributed by atoms with Gasteiger partial charge in [0.2, 0.25) is 5.91 Å². The summed E-state index contributed by atoms with van der Waals surface area (Å²) in [5, 5.41) is 0. The number of nitrogens with two attached hydrogens (primary N) is 1. The van der Waals surface area contributed by atoms with Crippen LogP contribution < -0.4 is 5.73 Å². The Morgan fingerprint density at radius 1 is 1.10 bits per heavy atom. The average Bonchev–Trinajstić information content (AvgIpc) is 2.47. The van der Waals surface area contributed by atoms with Crippen molar-refractivity contribution in [1.82, 2.24) is 0 Å². The van der Waals surface area contributed by atoms with Gasteiger partial charge in [-0.2, -0.15) is 0 Å². The maximum absolute atomic E-state index is 11.7. The molecule has 104 valence electrons. The minimum Gasteiger partial charge on any atom is -0.366 e. The van der Waals surface area contributed by atoms with Crippen molar-refractivity contribution in [3.63, 3.8) is 0 Å². The van der Waals surface area contributed by atoms with Crippen LogP contribution in [0, 0.1) is 0 Å². The largest absolute Gasteiger partial charge is 0.366 e. The third-order valence-corrected chi connectivity index (χ3v) is 3.68. The summed E-state index contributed by atoms with van der Waals surface area (Å²) in [7, 11) is 0. The number of rotatable bonds is 5. The van der Waals surface area contributed by atoms with Gasteiger partial charge in [0, 0.05) is 5.56 Å². The highest BCUT2D eigenvalue weighted by molar-refractivity contribution is 6.00. The Labute approximate surface area is 120 Å². The van der Waals surface area contributed by atoms with Crippen LogP contribution >= 0.6 is 0 Å². The van der Waals surface area contributed by atoms with Crippen molar-refractivity contribution < 1.29 is 4.79 Å². The summed E-state index contributed by atoms with van der Waals surface area (Å²) in [6.45, 7) is 4.38. The van der Waals surface area contributed by atoms with Gasteiger partial charge in [-0.15, -0.1) is 0 Å². The summed E-state index contributed by atoms with van der Waals surface area (Å²) >= 11 is 0. The van der Waals surface area contributed by atoms with Gasteiger partial charge in [0.05, 0.1) is 0 Å². The van der Waals surface area contributed by atoms with Crippen LogP contribution in [0.4, 0.5) is 0 Å². The van der Waals surface area contributed by atoms with Gasteiger partial charge in [-0.25, -0.2) is 0 Å². The van der Waals surface area contributed by atoms with Crippen molar-refractivity contribution in [2.45, 2.75) is 32.6 Å². The lowest BCUT2D eigenvalue weighted by atomic mass is 9.86. The molecule has 0 saturated carbocycles. The summed E-state index contributed by atoms with van der Waals surface area (Å²) in [5.41, 5.74) is 9.41. The van der Waals surface area contributed by atoms with Crippen molar-refractivity contribution in [3.05, 3.63) is 59.7 Å². The van der Waals surface area contributed by atoms with E-state index in [1.54, 1.807) is 0 Å². The molecule has 2 heteroatoms. The van der Waals surface area contributed by atoms with Crippen LogP contribution in [0.1, 0.15) is 48.5 Å². The molecule has 2 N–H and O–H groups in total. The summed E-state index contributed by atoms with van der Waals surface area (Å²) in [6, 6.07) is 15.9. The number of carbonyl (C=O) groups excluding carboxylic acids is 1. The fraction of sp³-hybridized carbons (Fsp3) is 0.278. The highest BCUT2D eigenvalue weighted by atomic mass is 16.1. The van der Waals surface area contributed by atoms with Crippen LogP contribution in [-0.2, 0) is 0 Å². The van der Waals surface area contributed by atoms with Crippen LogP contribution in [0.5, 0.6) is 0 Å². The van der Waals surface area contributed by atoms with Crippen molar-refractivity contribution >= 4 is 5.91 Å². The van der Waals surface area contributed by atoms with Gasteiger partial charge in [-0.05, 0) is 35.1 Å². The molecule has 0 aliphatic rings.